The minimum atomic E-state index is -0.461. The van der Waals surface area contributed by atoms with Crippen LogP contribution in [0.15, 0.2) is 4.99 Å². The fourth-order valence-corrected chi connectivity index (χ4v) is 2.94. The number of aliphatic imine (C=N–C) groups is 1. The molecule has 0 radical (unpaired) electrons. The average molecular weight is 311 g/mol. The molecular weight excluding hydrogens is 282 g/mol. The van der Waals surface area contributed by atoms with Crippen LogP contribution >= 0.6 is 0 Å². The number of rotatable bonds is 5. The van der Waals surface area contributed by atoms with Crippen molar-refractivity contribution in [2.24, 2.45) is 10.9 Å². The van der Waals surface area contributed by atoms with Crippen molar-refractivity contribution in [1.82, 2.24) is 9.80 Å². The summed E-state index contributed by atoms with van der Waals surface area (Å²) in [4.78, 5) is 20.6. The van der Waals surface area contributed by atoms with Gasteiger partial charge in [-0.15, -0.1) is 0 Å². The van der Waals surface area contributed by atoms with Crippen LogP contribution in [0.4, 0.5) is 4.79 Å². The van der Waals surface area contributed by atoms with Gasteiger partial charge in [0.1, 0.15) is 5.84 Å². The van der Waals surface area contributed by atoms with Gasteiger partial charge >= 0.3 is 6.09 Å². The average Bonchev–Trinajstić information content (AvgIpc) is 3.03. The molecule has 0 bridgehead atoms. The Morgan fingerprint density at radius 1 is 1.18 bits per heavy atom. The highest BCUT2D eigenvalue weighted by atomic mass is 16.5. The van der Waals surface area contributed by atoms with Gasteiger partial charge in [0.25, 0.3) is 0 Å². The predicted molar refractivity (Wildman–Crippen MR) is 86.3 cm³/mol. The maximum absolute atomic E-state index is 11.9. The van der Waals surface area contributed by atoms with Crippen LogP contribution in [0.5, 0.6) is 0 Å². The maximum atomic E-state index is 11.9. The Bertz CT molecular complexity index is 373. The monoisotopic (exact) mass is 311 g/mol. The molecule has 2 aliphatic heterocycles. The highest BCUT2D eigenvalue weighted by molar-refractivity contribution is 5.93. The van der Waals surface area contributed by atoms with Crippen LogP contribution in [0.25, 0.3) is 0 Å². The van der Waals surface area contributed by atoms with Crippen molar-refractivity contribution in [1.29, 1.82) is 0 Å². The topological polar surface area (TPSA) is 54.4 Å². The Morgan fingerprint density at radius 2 is 1.86 bits per heavy atom. The second kappa shape index (κ2) is 9.10. The van der Waals surface area contributed by atoms with Gasteiger partial charge in [-0.3, -0.25) is 0 Å². The highest BCUT2D eigenvalue weighted by Gasteiger charge is 2.19. The Hall–Kier alpha value is -1.14. The Morgan fingerprint density at radius 3 is 2.50 bits per heavy atom. The molecule has 0 aromatic rings. The molecule has 2 heterocycles. The zero-order chi connectivity index (χ0) is 15.8. The number of likely N-dealkylation sites (tertiary alicyclic amines) is 1. The van der Waals surface area contributed by atoms with E-state index in [4.69, 9.17) is 9.47 Å². The molecule has 2 aliphatic rings. The molecule has 126 valence electrons. The van der Waals surface area contributed by atoms with Gasteiger partial charge in [0.2, 0.25) is 0 Å². The van der Waals surface area contributed by atoms with Gasteiger partial charge in [-0.2, -0.15) is 4.99 Å². The van der Waals surface area contributed by atoms with Crippen molar-refractivity contribution in [3.05, 3.63) is 0 Å². The molecular formula is C16H29N3O3. The molecule has 0 N–H and O–H groups in total. The Kier molecular flexibility index (Phi) is 7.12. The number of hydrogen-bond donors (Lipinski definition) is 0. The van der Waals surface area contributed by atoms with Crippen molar-refractivity contribution in [2.75, 3.05) is 52.5 Å². The largest absolute Gasteiger partial charge is 0.448 e. The lowest BCUT2D eigenvalue weighted by molar-refractivity contribution is 0.0659. The van der Waals surface area contributed by atoms with Crippen LogP contribution in [0, 0.1) is 5.92 Å². The van der Waals surface area contributed by atoms with E-state index in [0.29, 0.717) is 19.8 Å². The molecule has 0 aromatic heterocycles. The van der Waals surface area contributed by atoms with Crippen molar-refractivity contribution < 1.29 is 14.3 Å². The second-order valence-corrected chi connectivity index (χ2v) is 6.24. The first-order valence-corrected chi connectivity index (χ1v) is 8.47. The van der Waals surface area contributed by atoms with Gasteiger partial charge in [-0.05, 0) is 32.4 Å². The SMILES string of the molecule is CC(C)/C(=N/C(=O)OCCCN1CCCC1)N1CCOCC1. The van der Waals surface area contributed by atoms with Gasteiger partial charge in [0.05, 0.1) is 19.8 Å². The summed E-state index contributed by atoms with van der Waals surface area (Å²) in [7, 11) is 0. The van der Waals surface area contributed by atoms with E-state index in [1.54, 1.807) is 0 Å². The lowest BCUT2D eigenvalue weighted by atomic mass is 10.1. The number of hydrogen-bond acceptors (Lipinski definition) is 4. The number of amidine groups is 1. The summed E-state index contributed by atoms with van der Waals surface area (Å²) < 4.78 is 10.6. The van der Waals surface area contributed by atoms with Crippen molar-refractivity contribution >= 4 is 11.9 Å². The van der Waals surface area contributed by atoms with Crippen molar-refractivity contribution in [2.45, 2.75) is 33.1 Å². The summed E-state index contributed by atoms with van der Waals surface area (Å²) in [6.45, 7) is 10.9. The minimum absolute atomic E-state index is 0.204. The highest BCUT2D eigenvalue weighted by Crippen LogP contribution is 2.09. The number of ether oxygens (including phenoxy) is 2. The van der Waals surface area contributed by atoms with Crippen LogP contribution in [-0.4, -0.2) is 74.3 Å². The van der Waals surface area contributed by atoms with E-state index in [9.17, 15) is 4.79 Å². The predicted octanol–water partition coefficient (Wildman–Crippen LogP) is 2.00. The summed E-state index contributed by atoms with van der Waals surface area (Å²) in [5.74, 6) is 1.02. The summed E-state index contributed by atoms with van der Waals surface area (Å²) in [6, 6.07) is 0. The van der Waals surface area contributed by atoms with Crippen LogP contribution in [0.2, 0.25) is 0 Å². The lowest BCUT2D eigenvalue weighted by Crippen LogP contribution is -2.43. The van der Waals surface area contributed by atoms with Gasteiger partial charge in [0.15, 0.2) is 0 Å². The van der Waals surface area contributed by atoms with Crippen molar-refractivity contribution in [3.63, 3.8) is 0 Å². The van der Waals surface area contributed by atoms with E-state index >= 15 is 0 Å². The summed E-state index contributed by atoms with van der Waals surface area (Å²) in [5.41, 5.74) is 0. The molecule has 2 fully saturated rings. The van der Waals surface area contributed by atoms with E-state index in [0.717, 1.165) is 31.9 Å². The van der Waals surface area contributed by atoms with Crippen LogP contribution < -0.4 is 0 Å². The van der Waals surface area contributed by atoms with E-state index in [-0.39, 0.29) is 5.92 Å². The zero-order valence-electron chi connectivity index (χ0n) is 13.9. The van der Waals surface area contributed by atoms with Crippen molar-refractivity contribution in [3.8, 4) is 0 Å². The van der Waals surface area contributed by atoms with Gasteiger partial charge in [-0.25, -0.2) is 4.79 Å². The van der Waals surface area contributed by atoms with E-state index in [1.165, 1.54) is 25.9 Å². The standard InChI is InChI=1S/C16H29N3O3/c1-14(2)15(19-9-12-21-13-10-19)17-16(20)22-11-5-8-18-6-3-4-7-18/h14H,3-13H2,1-2H3/b17-15-. The quantitative estimate of drug-likeness (QED) is 0.441. The molecule has 0 aromatic carbocycles. The molecule has 2 rings (SSSR count). The summed E-state index contributed by atoms with van der Waals surface area (Å²) in [5, 5.41) is 0. The first-order valence-electron chi connectivity index (χ1n) is 8.47. The first-order chi connectivity index (χ1) is 10.7. The second-order valence-electron chi connectivity index (χ2n) is 6.24. The molecule has 6 heteroatoms. The summed E-state index contributed by atoms with van der Waals surface area (Å²) >= 11 is 0. The van der Waals surface area contributed by atoms with E-state index in [2.05, 4.69) is 28.6 Å². The number of amides is 1. The number of morpholine rings is 1. The fourth-order valence-electron chi connectivity index (χ4n) is 2.94. The molecule has 0 unspecified atom stereocenters. The minimum Gasteiger partial charge on any atom is -0.448 e. The van der Waals surface area contributed by atoms with Gasteiger partial charge in [-0.1, -0.05) is 13.8 Å². The maximum Gasteiger partial charge on any atom is 0.435 e. The number of carbonyl (C=O) groups is 1. The van der Waals surface area contributed by atoms with E-state index in [1.807, 2.05) is 0 Å². The zero-order valence-corrected chi connectivity index (χ0v) is 13.9. The molecule has 2 saturated heterocycles. The van der Waals surface area contributed by atoms with Gasteiger partial charge in [0, 0.05) is 25.6 Å². The Balaban J connectivity index is 1.73. The third kappa shape index (κ3) is 5.57. The van der Waals surface area contributed by atoms with E-state index < -0.39 is 6.09 Å². The molecule has 0 atom stereocenters. The third-order valence-electron chi connectivity index (χ3n) is 4.10. The molecule has 1 amide bonds. The van der Waals surface area contributed by atoms with Crippen LogP contribution in [0.1, 0.15) is 33.1 Å². The molecule has 0 saturated carbocycles. The normalized spacial score (nSPS) is 20.7. The molecule has 6 nitrogen and oxygen atoms in total. The third-order valence-corrected chi connectivity index (χ3v) is 4.10. The smallest absolute Gasteiger partial charge is 0.435 e. The number of nitrogens with zero attached hydrogens (tertiary/aromatic N) is 3. The first kappa shape index (κ1) is 17.2. The Labute approximate surface area is 133 Å². The van der Waals surface area contributed by atoms with Crippen LogP contribution in [0.3, 0.4) is 0 Å². The molecule has 22 heavy (non-hydrogen) atoms. The van der Waals surface area contributed by atoms with Gasteiger partial charge < -0.3 is 19.3 Å². The fraction of sp³-hybridized carbons (Fsp3) is 0.875. The number of carbonyl (C=O) groups excluding carboxylic acids is 1. The molecule has 0 spiro atoms. The van der Waals surface area contributed by atoms with Crippen LogP contribution in [-0.2, 0) is 9.47 Å². The molecule has 0 aliphatic carbocycles. The summed E-state index contributed by atoms with van der Waals surface area (Å²) in [6.07, 6.45) is 3.01. The lowest BCUT2D eigenvalue weighted by Gasteiger charge is -2.31.